The molecule has 0 aliphatic carbocycles. The molecule has 1 aromatic carbocycles. The minimum Gasteiger partial charge on any atom is -0.484 e. The molecule has 0 saturated heterocycles. The predicted molar refractivity (Wildman–Crippen MR) is 93.1 cm³/mol. The Morgan fingerprint density at radius 3 is 2.73 bits per heavy atom. The van der Waals surface area contributed by atoms with E-state index in [-0.39, 0.29) is 12.5 Å². The van der Waals surface area contributed by atoms with Crippen LogP contribution in [0.5, 0.6) is 5.75 Å². The van der Waals surface area contributed by atoms with Gasteiger partial charge in [0.2, 0.25) is 0 Å². The first kappa shape index (κ1) is 16.5. The zero-order chi connectivity index (χ0) is 15.8. The normalized spacial score (nSPS) is 10.8. The van der Waals surface area contributed by atoms with Crippen molar-refractivity contribution in [2.45, 2.75) is 19.8 Å². The number of furan rings is 1. The third-order valence-corrected chi connectivity index (χ3v) is 3.39. The van der Waals surface area contributed by atoms with Gasteiger partial charge >= 0.3 is 0 Å². The van der Waals surface area contributed by atoms with Gasteiger partial charge in [-0.25, -0.2) is 5.43 Å². The van der Waals surface area contributed by atoms with Gasteiger partial charge in [0.1, 0.15) is 11.5 Å². The molecule has 0 aliphatic heterocycles. The summed E-state index contributed by atoms with van der Waals surface area (Å²) in [6.07, 6.45) is 3.59. The van der Waals surface area contributed by atoms with Gasteiger partial charge in [0.05, 0.1) is 6.21 Å². The van der Waals surface area contributed by atoms with Crippen LogP contribution in [0.15, 0.2) is 45.9 Å². The number of nitrogens with one attached hydrogen (secondary N) is 1. The third kappa shape index (κ3) is 5.51. The molecule has 0 spiro atoms. The summed E-state index contributed by atoms with van der Waals surface area (Å²) >= 11 is 2.06. The lowest BCUT2D eigenvalue weighted by Crippen LogP contribution is -2.24. The van der Waals surface area contributed by atoms with Gasteiger partial charge in [-0.15, -0.1) is 0 Å². The van der Waals surface area contributed by atoms with E-state index < -0.39 is 0 Å². The number of nitrogens with zero attached hydrogens (tertiary/aromatic N) is 1. The number of hydrogen-bond acceptors (Lipinski definition) is 4. The summed E-state index contributed by atoms with van der Waals surface area (Å²) in [6, 6.07) is 11.3. The molecule has 2 rings (SSSR count). The quantitative estimate of drug-likeness (QED) is 0.431. The first-order chi connectivity index (χ1) is 10.7. The van der Waals surface area contributed by atoms with Gasteiger partial charge in [0, 0.05) is 0 Å². The Morgan fingerprint density at radius 2 is 2.09 bits per heavy atom. The van der Waals surface area contributed by atoms with Crippen molar-refractivity contribution in [2.75, 3.05) is 6.61 Å². The molecular weight excluding hydrogens is 395 g/mol. The molecule has 1 amide bonds. The molecule has 0 aliphatic rings. The summed E-state index contributed by atoms with van der Waals surface area (Å²) in [5, 5.41) is 3.80. The lowest BCUT2D eigenvalue weighted by atomic mass is 10.1. The smallest absolute Gasteiger partial charge is 0.277 e. The van der Waals surface area contributed by atoms with Crippen LogP contribution in [0.4, 0.5) is 0 Å². The summed E-state index contributed by atoms with van der Waals surface area (Å²) in [7, 11) is 0. The Bertz CT molecular complexity index is 635. The van der Waals surface area contributed by atoms with Crippen LogP contribution in [0.25, 0.3) is 0 Å². The van der Waals surface area contributed by atoms with Crippen molar-refractivity contribution < 1.29 is 13.9 Å². The minimum absolute atomic E-state index is 0.0832. The summed E-state index contributed by atoms with van der Waals surface area (Å²) < 4.78 is 11.4. The van der Waals surface area contributed by atoms with Crippen molar-refractivity contribution in [3.63, 3.8) is 0 Å². The van der Waals surface area contributed by atoms with Crippen LogP contribution < -0.4 is 10.2 Å². The second-order valence-electron chi connectivity index (χ2n) is 4.62. The van der Waals surface area contributed by atoms with Crippen molar-refractivity contribution in [1.82, 2.24) is 5.43 Å². The van der Waals surface area contributed by atoms with Gasteiger partial charge in [-0.1, -0.05) is 25.5 Å². The van der Waals surface area contributed by atoms with Crippen molar-refractivity contribution in [2.24, 2.45) is 5.10 Å². The molecule has 0 bridgehead atoms. The minimum atomic E-state index is -0.324. The first-order valence-corrected chi connectivity index (χ1v) is 8.04. The number of carbonyl (C=O) groups is 1. The molecule has 0 atom stereocenters. The average Bonchev–Trinajstić information content (AvgIpc) is 2.92. The van der Waals surface area contributed by atoms with E-state index in [1.807, 2.05) is 30.3 Å². The number of carbonyl (C=O) groups excluding carboxylic acids is 1. The SMILES string of the molecule is CCCc1ccc(OCC(=O)N/N=C/c2ccc(I)o2)cc1. The van der Waals surface area contributed by atoms with Crippen molar-refractivity contribution in [1.29, 1.82) is 0 Å². The van der Waals surface area contributed by atoms with E-state index in [9.17, 15) is 4.79 Å². The summed E-state index contributed by atoms with van der Waals surface area (Å²) in [4.78, 5) is 11.6. The van der Waals surface area contributed by atoms with Gasteiger partial charge < -0.3 is 9.15 Å². The Morgan fingerprint density at radius 1 is 1.32 bits per heavy atom. The Balaban J connectivity index is 1.74. The molecule has 116 valence electrons. The van der Waals surface area contributed by atoms with E-state index in [1.165, 1.54) is 11.8 Å². The van der Waals surface area contributed by atoms with Crippen LogP contribution in [0.3, 0.4) is 0 Å². The molecule has 0 unspecified atom stereocenters. The van der Waals surface area contributed by atoms with Crippen molar-refractivity contribution >= 4 is 34.7 Å². The second-order valence-corrected chi connectivity index (χ2v) is 5.68. The summed E-state index contributed by atoms with van der Waals surface area (Å²) in [6.45, 7) is 2.05. The van der Waals surface area contributed by atoms with Crippen LogP contribution >= 0.6 is 22.6 Å². The zero-order valence-corrected chi connectivity index (χ0v) is 14.4. The molecule has 2 aromatic rings. The predicted octanol–water partition coefficient (Wildman–Crippen LogP) is 3.37. The fraction of sp³-hybridized carbons (Fsp3) is 0.250. The maximum absolute atomic E-state index is 11.6. The third-order valence-electron chi connectivity index (χ3n) is 2.81. The van der Waals surface area contributed by atoms with Crippen LogP contribution in [-0.2, 0) is 11.2 Å². The van der Waals surface area contributed by atoms with E-state index in [1.54, 1.807) is 6.07 Å². The van der Waals surface area contributed by atoms with E-state index in [0.29, 0.717) is 11.5 Å². The van der Waals surface area contributed by atoms with Gasteiger partial charge in [-0.05, 0) is 58.8 Å². The molecule has 5 nitrogen and oxygen atoms in total. The number of rotatable bonds is 7. The highest BCUT2D eigenvalue weighted by Gasteiger charge is 2.02. The maximum Gasteiger partial charge on any atom is 0.277 e. The van der Waals surface area contributed by atoms with Crippen LogP contribution in [0, 0.1) is 3.77 Å². The molecule has 1 aromatic heterocycles. The Hall–Kier alpha value is -1.83. The number of benzene rings is 1. The highest BCUT2D eigenvalue weighted by atomic mass is 127. The summed E-state index contributed by atoms with van der Waals surface area (Å²) in [5.74, 6) is 0.923. The van der Waals surface area contributed by atoms with Gasteiger partial charge in [-0.3, -0.25) is 4.79 Å². The summed E-state index contributed by atoms with van der Waals surface area (Å²) in [5.41, 5.74) is 3.65. The van der Waals surface area contributed by atoms with Crippen LogP contribution in [-0.4, -0.2) is 18.7 Å². The molecule has 0 saturated carbocycles. The average molecular weight is 412 g/mol. The standard InChI is InChI=1S/C16H17IN2O3/c1-2-3-12-4-6-13(7-5-12)21-11-16(20)19-18-10-14-8-9-15(17)22-14/h4-10H,2-3,11H2,1H3,(H,19,20)/b18-10+. The Kier molecular flexibility index (Phi) is 6.45. The van der Waals surface area contributed by atoms with Crippen LogP contribution in [0.2, 0.25) is 0 Å². The Labute approximate surface area is 142 Å². The highest BCUT2D eigenvalue weighted by Crippen LogP contribution is 2.13. The van der Waals surface area contributed by atoms with E-state index in [4.69, 9.17) is 9.15 Å². The maximum atomic E-state index is 11.6. The lowest BCUT2D eigenvalue weighted by molar-refractivity contribution is -0.123. The van der Waals surface area contributed by atoms with Gasteiger partial charge in [0.15, 0.2) is 10.4 Å². The van der Waals surface area contributed by atoms with E-state index >= 15 is 0 Å². The first-order valence-electron chi connectivity index (χ1n) is 6.96. The fourth-order valence-corrected chi connectivity index (χ4v) is 2.22. The molecule has 1 N–H and O–H groups in total. The molecule has 1 heterocycles. The molecule has 0 radical (unpaired) electrons. The topological polar surface area (TPSA) is 63.8 Å². The van der Waals surface area contributed by atoms with Gasteiger partial charge in [0.25, 0.3) is 5.91 Å². The number of aryl methyl sites for hydroxylation is 1. The van der Waals surface area contributed by atoms with E-state index in [0.717, 1.165) is 16.6 Å². The second kappa shape index (κ2) is 8.57. The van der Waals surface area contributed by atoms with Gasteiger partial charge in [-0.2, -0.15) is 5.10 Å². The lowest BCUT2D eigenvalue weighted by Gasteiger charge is -2.05. The largest absolute Gasteiger partial charge is 0.484 e. The van der Waals surface area contributed by atoms with E-state index in [2.05, 4.69) is 40.0 Å². The zero-order valence-electron chi connectivity index (χ0n) is 12.2. The monoisotopic (exact) mass is 412 g/mol. The highest BCUT2D eigenvalue weighted by molar-refractivity contribution is 14.1. The van der Waals surface area contributed by atoms with Crippen LogP contribution in [0.1, 0.15) is 24.7 Å². The molecule has 0 fully saturated rings. The van der Waals surface area contributed by atoms with Crippen molar-refractivity contribution in [3.05, 3.63) is 51.5 Å². The number of hydrogen-bond donors (Lipinski definition) is 1. The number of halogens is 1. The molecular formula is C16H17IN2O3. The fourth-order valence-electron chi connectivity index (χ4n) is 1.79. The number of amides is 1. The number of ether oxygens (including phenoxy) is 1. The molecule has 6 heteroatoms. The van der Waals surface area contributed by atoms with Crippen molar-refractivity contribution in [3.8, 4) is 5.75 Å². The number of hydrazone groups is 1. The molecule has 22 heavy (non-hydrogen) atoms.